The number of carbonyl (C=O) groups is 4. The second-order valence-electron chi connectivity index (χ2n) is 27.8. The highest BCUT2D eigenvalue weighted by Gasteiger charge is 2.30. The number of aliphatic hydroxyl groups excluding tert-OH is 1. The molecule has 0 heterocycles. The quantitative estimate of drug-likeness (QED) is 0.0222. The zero-order valence-corrected chi connectivity index (χ0v) is 63.1. The molecule has 0 aliphatic carbocycles. The van der Waals surface area contributed by atoms with Gasteiger partial charge in [-0.25, -0.2) is 9.13 Å². The Morgan fingerprint density at radius 1 is 0.309 bits per heavy atom. The molecule has 0 amide bonds. The van der Waals surface area contributed by atoms with Gasteiger partial charge >= 0.3 is 39.5 Å². The molecule has 0 rings (SSSR count). The lowest BCUT2D eigenvalue weighted by Crippen LogP contribution is -2.30. The molecular weight excluding hydrogens is 1230 g/mol. The van der Waals surface area contributed by atoms with E-state index in [0.717, 1.165) is 102 Å². The lowest BCUT2D eigenvalue weighted by molar-refractivity contribution is -0.161. The number of unbranched alkanes of at least 4 members (excludes halogenated alkanes) is 43. The number of hydrogen-bond donors (Lipinski definition) is 3. The van der Waals surface area contributed by atoms with Gasteiger partial charge in [0.05, 0.1) is 26.4 Å². The first kappa shape index (κ1) is 92.1. The number of rotatable bonds is 74. The van der Waals surface area contributed by atoms with Crippen LogP contribution in [0.3, 0.4) is 0 Å². The van der Waals surface area contributed by atoms with Crippen molar-refractivity contribution in [1.82, 2.24) is 0 Å². The van der Waals surface area contributed by atoms with Crippen LogP contribution in [0.25, 0.3) is 0 Å². The second-order valence-corrected chi connectivity index (χ2v) is 30.7. The number of phosphoric acid groups is 2. The Hall–Kier alpha value is -1.94. The summed E-state index contributed by atoms with van der Waals surface area (Å²) in [5, 5.41) is 10.6. The Bertz CT molecular complexity index is 1820. The van der Waals surface area contributed by atoms with Gasteiger partial charge in [0.1, 0.15) is 19.3 Å². The highest BCUT2D eigenvalue weighted by atomic mass is 31.2. The number of esters is 4. The van der Waals surface area contributed by atoms with Crippen LogP contribution in [0, 0.1) is 11.8 Å². The van der Waals surface area contributed by atoms with E-state index in [4.69, 9.17) is 37.0 Å². The third kappa shape index (κ3) is 67.3. The van der Waals surface area contributed by atoms with Crippen LogP contribution in [-0.4, -0.2) is 96.7 Å². The molecule has 19 heteroatoms. The van der Waals surface area contributed by atoms with Crippen LogP contribution in [0.2, 0.25) is 0 Å². The van der Waals surface area contributed by atoms with Crippen molar-refractivity contribution in [3.05, 3.63) is 0 Å². The standard InChI is InChI=1S/C75H146O17P2/c1-7-10-12-14-16-18-19-20-21-24-27-34-40-46-52-58-73(78)86-64-71(91-74(79)59-53-47-41-35-28-25-22-23-26-32-37-43-49-55-67(4)5)66-90-94(83,84)88-62-69(76)61-87-93(81,82)89-65-70(63-85-72(77)57-51-45-39-31-17-15-13-11-8-2)92-75(80)60-54-48-42-36-30-29-33-38-44-50-56-68(6)9-3/h67-71,76H,7-66H2,1-6H3,(H,81,82)(H,83,84)/t68?,69-,70+,71+/m0/s1. The molecule has 94 heavy (non-hydrogen) atoms. The minimum Gasteiger partial charge on any atom is -0.462 e. The molecule has 0 fully saturated rings. The lowest BCUT2D eigenvalue weighted by Gasteiger charge is -2.21. The van der Waals surface area contributed by atoms with Crippen molar-refractivity contribution in [3.63, 3.8) is 0 Å². The van der Waals surface area contributed by atoms with E-state index in [0.29, 0.717) is 25.7 Å². The summed E-state index contributed by atoms with van der Waals surface area (Å²) in [6.07, 6.45) is 53.9. The molecule has 558 valence electrons. The van der Waals surface area contributed by atoms with Crippen molar-refractivity contribution in [1.29, 1.82) is 0 Å². The van der Waals surface area contributed by atoms with E-state index in [1.165, 1.54) is 205 Å². The fraction of sp³-hybridized carbons (Fsp3) is 0.947. The van der Waals surface area contributed by atoms with Gasteiger partial charge in [0.15, 0.2) is 12.2 Å². The molecule has 17 nitrogen and oxygen atoms in total. The minimum atomic E-state index is -4.96. The van der Waals surface area contributed by atoms with Gasteiger partial charge in [-0.2, -0.15) is 0 Å². The summed E-state index contributed by atoms with van der Waals surface area (Å²) in [5.41, 5.74) is 0. The van der Waals surface area contributed by atoms with E-state index in [1.807, 2.05) is 0 Å². The predicted molar refractivity (Wildman–Crippen MR) is 381 cm³/mol. The molecule has 3 unspecified atom stereocenters. The number of hydrogen-bond acceptors (Lipinski definition) is 15. The zero-order chi connectivity index (χ0) is 69.3. The maximum Gasteiger partial charge on any atom is 0.472 e. The summed E-state index contributed by atoms with van der Waals surface area (Å²) in [4.78, 5) is 72.8. The Morgan fingerprint density at radius 3 is 0.809 bits per heavy atom. The van der Waals surface area contributed by atoms with E-state index < -0.39 is 97.5 Å². The highest BCUT2D eigenvalue weighted by molar-refractivity contribution is 7.47. The van der Waals surface area contributed by atoms with E-state index in [1.54, 1.807) is 0 Å². The van der Waals surface area contributed by atoms with Gasteiger partial charge in [-0.05, 0) is 37.5 Å². The molecule has 3 N–H and O–H groups in total. The summed E-state index contributed by atoms with van der Waals surface area (Å²) in [7, 11) is -9.91. The molecule has 0 radical (unpaired) electrons. The maximum atomic E-state index is 13.1. The molecule has 0 aliphatic heterocycles. The maximum absolute atomic E-state index is 13.1. The summed E-state index contributed by atoms with van der Waals surface area (Å²) in [6, 6.07) is 0. The summed E-state index contributed by atoms with van der Waals surface area (Å²) in [5.74, 6) is -0.527. The fourth-order valence-electron chi connectivity index (χ4n) is 11.4. The van der Waals surface area contributed by atoms with E-state index >= 15 is 0 Å². The lowest BCUT2D eigenvalue weighted by atomic mass is 9.99. The third-order valence-corrected chi connectivity index (χ3v) is 19.7. The number of aliphatic hydroxyl groups is 1. The number of phosphoric ester groups is 2. The molecule has 0 aromatic rings. The van der Waals surface area contributed by atoms with Gasteiger partial charge in [-0.15, -0.1) is 0 Å². The van der Waals surface area contributed by atoms with Crippen LogP contribution in [-0.2, 0) is 65.4 Å². The van der Waals surface area contributed by atoms with Crippen LogP contribution in [0.5, 0.6) is 0 Å². The van der Waals surface area contributed by atoms with Gasteiger partial charge in [0.2, 0.25) is 0 Å². The van der Waals surface area contributed by atoms with Crippen LogP contribution < -0.4 is 0 Å². The van der Waals surface area contributed by atoms with Crippen molar-refractivity contribution in [2.45, 2.75) is 407 Å². The average Bonchev–Trinajstić information content (AvgIpc) is 1.71. The molecular formula is C75H146O17P2. The van der Waals surface area contributed by atoms with Crippen molar-refractivity contribution in [2.75, 3.05) is 39.6 Å². The minimum absolute atomic E-state index is 0.106. The molecule has 6 atom stereocenters. The van der Waals surface area contributed by atoms with Gasteiger partial charge in [-0.1, -0.05) is 337 Å². The number of carbonyl (C=O) groups excluding carboxylic acids is 4. The first-order valence-corrected chi connectivity index (χ1v) is 42.0. The summed E-state index contributed by atoms with van der Waals surface area (Å²) < 4.78 is 68.5. The van der Waals surface area contributed by atoms with Gasteiger partial charge in [-0.3, -0.25) is 37.3 Å². The monoisotopic (exact) mass is 1380 g/mol. The first-order valence-electron chi connectivity index (χ1n) is 39.0. The first-order chi connectivity index (χ1) is 45.4. The molecule has 0 aromatic heterocycles. The summed E-state index contributed by atoms with van der Waals surface area (Å²) >= 11 is 0. The normalized spacial score (nSPS) is 14.3. The molecule has 0 aromatic carbocycles. The van der Waals surface area contributed by atoms with Crippen LogP contribution in [0.15, 0.2) is 0 Å². The molecule has 0 saturated carbocycles. The van der Waals surface area contributed by atoms with Crippen molar-refractivity contribution < 1.29 is 80.2 Å². The third-order valence-electron chi connectivity index (χ3n) is 17.8. The van der Waals surface area contributed by atoms with Gasteiger partial charge in [0, 0.05) is 25.7 Å². The Morgan fingerprint density at radius 2 is 0.543 bits per heavy atom. The Labute approximate surface area is 575 Å². The highest BCUT2D eigenvalue weighted by Crippen LogP contribution is 2.45. The van der Waals surface area contributed by atoms with E-state index in [9.17, 15) is 43.2 Å². The van der Waals surface area contributed by atoms with E-state index in [2.05, 4.69) is 41.5 Å². The molecule has 0 aliphatic rings. The largest absolute Gasteiger partial charge is 0.472 e. The predicted octanol–water partition coefficient (Wildman–Crippen LogP) is 21.9. The second kappa shape index (κ2) is 66.9. The average molecular weight is 1380 g/mol. The zero-order valence-electron chi connectivity index (χ0n) is 61.3. The van der Waals surface area contributed by atoms with Crippen LogP contribution in [0.4, 0.5) is 0 Å². The fourth-order valence-corrected chi connectivity index (χ4v) is 13.0. The van der Waals surface area contributed by atoms with Crippen LogP contribution >= 0.6 is 15.6 Å². The Kier molecular flexibility index (Phi) is 65.5. The number of ether oxygens (including phenoxy) is 4. The van der Waals surface area contributed by atoms with Crippen molar-refractivity contribution in [2.24, 2.45) is 11.8 Å². The van der Waals surface area contributed by atoms with Crippen molar-refractivity contribution >= 4 is 39.5 Å². The van der Waals surface area contributed by atoms with Crippen LogP contribution in [0.1, 0.15) is 388 Å². The van der Waals surface area contributed by atoms with Crippen molar-refractivity contribution in [3.8, 4) is 0 Å². The van der Waals surface area contributed by atoms with Gasteiger partial charge in [0.25, 0.3) is 0 Å². The smallest absolute Gasteiger partial charge is 0.462 e. The SMILES string of the molecule is CCCCCCCCCCCCCCCCCC(=O)OC[C@H](COP(=O)(O)OC[C@@H](O)COP(=O)(O)OC[C@@H](COC(=O)CCCCCCCCCCC)OC(=O)CCCCCCCCCCCCC(C)CC)OC(=O)CCCCCCCCCCCCCCCC(C)C. The molecule has 0 saturated heterocycles. The van der Waals surface area contributed by atoms with Gasteiger partial charge < -0.3 is 33.8 Å². The topological polar surface area (TPSA) is 237 Å². The summed E-state index contributed by atoms with van der Waals surface area (Å²) in [6.45, 7) is 9.62. The van der Waals surface area contributed by atoms with E-state index in [-0.39, 0.29) is 25.7 Å². The Balaban J connectivity index is 5.24. The molecule has 0 spiro atoms. The molecule has 0 bridgehead atoms.